The first-order valence-electron chi connectivity index (χ1n) is 7.80. The number of carbonyl (C=O) groups is 1. The summed E-state index contributed by atoms with van der Waals surface area (Å²) in [7, 11) is 1.93. The summed E-state index contributed by atoms with van der Waals surface area (Å²) in [5.41, 5.74) is 7.71. The molecule has 0 radical (unpaired) electrons. The Balaban J connectivity index is 1.80. The van der Waals surface area contributed by atoms with Gasteiger partial charge >= 0.3 is 6.03 Å². The number of aromatic nitrogens is 3. The Morgan fingerprint density at radius 2 is 2.33 bits per heavy atom. The van der Waals surface area contributed by atoms with Gasteiger partial charge in [0, 0.05) is 18.8 Å². The zero-order chi connectivity index (χ0) is 17.1. The molecule has 2 heterocycles. The molecule has 1 fully saturated rings. The zero-order valence-corrected chi connectivity index (χ0v) is 14.6. The van der Waals surface area contributed by atoms with Gasteiger partial charge in [0.15, 0.2) is 5.16 Å². The Morgan fingerprint density at radius 3 is 3.04 bits per heavy atom. The molecule has 2 aromatic rings. The van der Waals surface area contributed by atoms with E-state index >= 15 is 0 Å². The van der Waals surface area contributed by atoms with E-state index < -0.39 is 6.03 Å². The number of hydrogen-bond acceptors (Lipinski definition) is 5. The fraction of sp³-hybridized carbons (Fsp3) is 0.438. The third-order valence-electron chi connectivity index (χ3n) is 4.13. The van der Waals surface area contributed by atoms with Crippen LogP contribution in [0.3, 0.4) is 0 Å². The molecule has 0 spiro atoms. The fourth-order valence-corrected chi connectivity index (χ4v) is 3.67. The summed E-state index contributed by atoms with van der Waals surface area (Å²) in [5.74, 6) is 0. The van der Waals surface area contributed by atoms with E-state index in [4.69, 9.17) is 10.5 Å². The number of benzene rings is 1. The number of carbonyl (C=O) groups excluding carboxylic acids is 1. The Bertz CT molecular complexity index is 720. The third kappa shape index (κ3) is 3.54. The lowest BCUT2D eigenvalue weighted by Gasteiger charge is -2.34. The summed E-state index contributed by atoms with van der Waals surface area (Å²) in [4.78, 5) is 13.3. The van der Waals surface area contributed by atoms with Gasteiger partial charge in [0.2, 0.25) is 0 Å². The number of rotatable bonds is 4. The number of thioether (sulfide) groups is 1. The average molecular weight is 347 g/mol. The lowest BCUT2D eigenvalue weighted by molar-refractivity contribution is 0.0137. The Kier molecular flexibility index (Phi) is 5.06. The smallest absolute Gasteiger partial charge is 0.315 e. The molecule has 0 aliphatic carbocycles. The number of ether oxygens (including phenoxy) is 1. The van der Waals surface area contributed by atoms with Crippen molar-refractivity contribution in [3.63, 3.8) is 0 Å². The van der Waals surface area contributed by atoms with E-state index in [0.29, 0.717) is 19.8 Å². The molecule has 1 aliphatic heterocycles. The van der Waals surface area contributed by atoms with E-state index in [-0.39, 0.29) is 11.3 Å². The number of nitrogens with two attached hydrogens (primary N) is 1. The molecule has 0 saturated carbocycles. The zero-order valence-electron chi connectivity index (χ0n) is 13.8. The molecule has 128 valence electrons. The van der Waals surface area contributed by atoms with Crippen LogP contribution in [-0.4, -0.2) is 45.5 Å². The van der Waals surface area contributed by atoms with Gasteiger partial charge < -0.3 is 19.9 Å². The van der Waals surface area contributed by atoms with Crippen LogP contribution in [0.4, 0.5) is 4.79 Å². The average Bonchev–Trinajstić information content (AvgIpc) is 3.00. The number of aryl methyl sites for hydroxylation is 1. The minimum absolute atomic E-state index is 0.136. The minimum Gasteiger partial charge on any atom is -0.377 e. The summed E-state index contributed by atoms with van der Waals surface area (Å²) in [5, 5.41) is 9.10. The largest absolute Gasteiger partial charge is 0.377 e. The second kappa shape index (κ2) is 7.23. The summed E-state index contributed by atoms with van der Waals surface area (Å²) >= 11 is 1.65. The van der Waals surface area contributed by atoms with E-state index in [0.717, 1.165) is 16.3 Å². The molecular formula is C16H21N5O2S. The van der Waals surface area contributed by atoms with Gasteiger partial charge in [-0.05, 0) is 18.1 Å². The predicted octanol–water partition coefficient (Wildman–Crippen LogP) is 2.12. The number of urea groups is 1. The van der Waals surface area contributed by atoms with Crippen molar-refractivity contribution in [2.45, 2.75) is 23.4 Å². The van der Waals surface area contributed by atoms with Crippen LogP contribution in [-0.2, 0) is 11.8 Å². The summed E-state index contributed by atoms with van der Waals surface area (Å²) in [6, 6.07) is 7.67. The topological polar surface area (TPSA) is 86.3 Å². The van der Waals surface area contributed by atoms with Crippen LogP contribution in [0.5, 0.6) is 0 Å². The molecule has 1 unspecified atom stereocenters. The van der Waals surface area contributed by atoms with Crippen molar-refractivity contribution >= 4 is 17.8 Å². The van der Waals surface area contributed by atoms with Gasteiger partial charge in [-0.1, -0.05) is 36.0 Å². The van der Waals surface area contributed by atoms with Gasteiger partial charge in [0.25, 0.3) is 0 Å². The standard InChI is InChI=1S/C16H21N5O2S/c1-11(24-16-19-18-10-20(16)2)12-4-3-5-13(8-12)14-9-23-7-6-21(14)15(17)22/h3-5,8,10-11,14H,6-7,9H2,1-2H3,(H2,17,22)/t11-,14?/m0/s1. The van der Waals surface area contributed by atoms with E-state index in [1.165, 1.54) is 0 Å². The Labute approximate surface area is 145 Å². The highest BCUT2D eigenvalue weighted by Crippen LogP contribution is 2.35. The maximum absolute atomic E-state index is 11.7. The van der Waals surface area contributed by atoms with Gasteiger partial charge in [-0.15, -0.1) is 10.2 Å². The van der Waals surface area contributed by atoms with E-state index in [1.54, 1.807) is 23.0 Å². The highest BCUT2D eigenvalue weighted by Gasteiger charge is 2.27. The van der Waals surface area contributed by atoms with Crippen molar-refractivity contribution < 1.29 is 9.53 Å². The number of morpholine rings is 1. The minimum atomic E-state index is -0.407. The molecule has 8 heteroatoms. The molecule has 1 aromatic heterocycles. The molecule has 2 N–H and O–H groups in total. The van der Waals surface area contributed by atoms with Crippen LogP contribution in [0.15, 0.2) is 35.7 Å². The van der Waals surface area contributed by atoms with Gasteiger partial charge in [-0.2, -0.15) is 0 Å². The van der Waals surface area contributed by atoms with Gasteiger partial charge in [0.05, 0.1) is 19.3 Å². The first kappa shape index (κ1) is 16.8. The molecule has 24 heavy (non-hydrogen) atoms. The molecule has 1 saturated heterocycles. The van der Waals surface area contributed by atoms with Crippen LogP contribution in [0.2, 0.25) is 0 Å². The molecule has 1 aromatic carbocycles. The van der Waals surface area contributed by atoms with Gasteiger partial charge in [0.1, 0.15) is 6.33 Å². The van der Waals surface area contributed by atoms with E-state index in [1.807, 2.05) is 23.7 Å². The monoisotopic (exact) mass is 347 g/mol. The molecule has 3 rings (SSSR count). The Hall–Kier alpha value is -2.06. The van der Waals surface area contributed by atoms with Crippen LogP contribution >= 0.6 is 11.8 Å². The van der Waals surface area contributed by atoms with Crippen LogP contribution < -0.4 is 5.73 Å². The second-order valence-electron chi connectivity index (χ2n) is 5.78. The van der Waals surface area contributed by atoms with Crippen molar-refractivity contribution in [3.05, 3.63) is 41.7 Å². The predicted molar refractivity (Wildman–Crippen MR) is 91.6 cm³/mol. The summed E-state index contributed by atoms with van der Waals surface area (Å²) in [6.07, 6.45) is 1.69. The Morgan fingerprint density at radius 1 is 1.50 bits per heavy atom. The first-order valence-corrected chi connectivity index (χ1v) is 8.68. The molecule has 1 aliphatic rings. The fourth-order valence-electron chi connectivity index (χ4n) is 2.77. The third-order valence-corrected chi connectivity index (χ3v) is 5.33. The van der Waals surface area contributed by atoms with E-state index in [2.05, 4.69) is 29.3 Å². The molecular weight excluding hydrogens is 326 g/mol. The van der Waals surface area contributed by atoms with Crippen molar-refractivity contribution in [1.29, 1.82) is 0 Å². The highest BCUT2D eigenvalue weighted by molar-refractivity contribution is 7.99. The number of amides is 2. The van der Waals surface area contributed by atoms with Crippen molar-refractivity contribution in [3.8, 4) is 0 Å². The summed E-state index contributed by atoms with van der Waals surface area (Å²) < 4.78 is 7.44. The number of primary amides is 1. The lowest BCUT2D eigenvalue weighted by atomic mass is 10.0. The maximum Gasteiger partial charge on any atom is 0.315 e. The van der Waals surface area contributed by atoms with Crippen LogP contribution in [0.1, 0.15) is 29.3 Å². The number of hydrogen-bond donors (Lipinski definition) is 1. The van der Waals surface area contributed by atoms with Crippen molar-refractivity contribution in [2.24, 2.45) is 12.8 Å². The molecule has 2 atom stereocenters. The van der Waals surface area contributed by atoms with Gasteiger partial charge in [-0.3, -0.25) is 0 Å². The summed E-state index contributed by atoms with van der Waals surface area (Å²) in [6.45, 7) is 3.64. The highest BCUT2D eigenvalue weighted by atomic mass is 32.2. The molecule has 7 nitrogen and oxygen atoms in total. The SMILES string of the molecule is C[C@H](Sc1nncn1C)c1cccc(C2COCCN2C(N)=O)c1. The van der Waals surface area contributed by atoms with Gasteiger partial charge in [-0.25, -0.2) is 4.79 Å². The lowest BCUT2D eigenvalue weighted by Crippen LogP contribution is -2.46. The van der Waals surface area contributed by atoms with Crippen molar-refractivity contribution in [2.75, 3.05) is 19.8 Å². The maximum atomic E-state index is 11.7. The first-order chi connectivity index (χ1) is 11.6. The van der Waals surface area contributed by atoms with E-state index in [9.17, 15) is 4.79 Å². The normalized spacial score (nSPS) is 19.2. The number of nitrogens with zero attached hydrogens (tertiary/aromatic N) is 4. The molecule has 0 bridgehead atoms. The van der Waals surface area contributed by atoms with Crippen molar-refractivity contribution in [1.82, 2.24) is 19.7 Å². The second-order valence-corrected chi connectivity index (χ2v) is 7.08. The van der Waals surface area contributed by atoms with Crippen LogP contribution in [0, 0.1) is 0 Å². The quantitative estimate of drug-likeness (QED) is 0.856. The molecule has 2 amide bonds. The van der Waals surface area contributed by atoms with Crippen LogP contribution in [0.25, 0.3) is 0 Å².